The van der Waals surface area contributed by atoms with Crippen molar-refractivity contribution in [1.29, 1.82) is 0 Å². The molecule has 0 heterocycles. The molecule has 4 heteroatoms. The van der Waals surface area contributed by atoms with Gasteiger partial charge in [-0.05, 0) is 35.7 Å². The number of hydrogen-bond acceptors (Lipinski definition) is 1. The molecule has 0 fully saturated rings. The Morgan fingerprint density at radius 1 is 0.905 bits per heavy atom. The summed E-state index contributed by atoms with van der Waals surface area (Å²) in [5.74, 6) is -0.0777. The summed E-state index contributed by atoms with van der Waals surface area (Å²) in [4.78, 5) is 12.8. The molecule has 0 aliphatic carbocycles. The van der Waals surface area contributed by atoms with Crippen molar-refractivity contribution in [2.24, 2.45) is 0 Å². The van der Waals surface area contributed by atoms with Crippen molar-refractivity contribution < 1.29 is 4.79 Å². The molecule has 21 heavy (non-hydrogen) atoms. The maximum absolute atomic E-state index is 12.8. The fraction of sp³-hybridized carbons (Fsp3) is 0. The van der Waals surface area contributed by atoms with Crippen molar-refractivity contribution in [3.8, 4) is 0 Å². The molecule has 0 aliphatic rings. The first-order chi connectivity index (χ1) is 10.1. The second kappa shape index (κ2) is 5.80. The maximum Gasteiger partial charge on any atom is 0.193 e. The topological polar surface area (TPSA) is 17.1 Å². The third kappa shape index (κ3) is 2.84. The van der Waals surface area contributed by atoms with Gasteiger partial charge in [-0.25, -0.2) is 0 Å². The first-order valence-corrected chi connectivity index (χ1v) is 7.79. The molecule has 1 nitrogen and oxygen atoms in total. The molecule has 0 amide bonds. The first kappa shape index (κ1) is 14.6. The summed E-state index contributed by atoms with van der Waals surface area (Å²) in [5, 5.41) is 2.86. The van der Waals surface area contributed by atoms with Gasteiger partial charge < -0.3 is 0 Å². The van der Waals surface area contributed by atoms with E-state index in [0.29, 0.717) is 21.2 Å². The SMILES string of the molecule is O=C(c1cc(Cl)cc(Br)c1)c1ccc(Cl)c2ccccc12. The predicted octanol–water partition coefficient (Wildman–Crippen LogP) is 6.14. The molecular weight excluding hydrogens is 371 g/mol. The summed E-state index contributed by atoms with van der Waals surface area (Å²) in [5.41, 5.74) is 1.16. The lowest BCUT2D eigenvalue weighted by atomic mass is 9.97. The van der Waals surface area contributed by atoms with Crippen LogP contribution in [0.15, 0.2) is 59.1 Å². The average molecular weight is 380 g/mol. The highest BCUT2D eigenvalue weighted by Crippen LogP contribution is 2.29. The minimum Gasteiger partial charge on any atom is -0.289 e. The second-order valence-electron chi connectivity index (χ2n) is 4.63. The van der Waals surface area contributed by atoms with Crippen LogP contribution >= 0.6 is 39.1 Å². The van der Waals surface area contributed by atoms with Crippen LogP contribution in [-0.4, -0.2) is 5.78 Å². The Hall–Kier alpha value is -1.35. The van der Waals surface area contributed by atoms with Gasteiger partial charge in [0, 0.05) is 31.0 Å². The molecule has 0 bridgehead atoms. The third-order valence-electron chi connectivity index (χ3n) is 3.24. The van der Waals surface area contributed by atoms with Gasteiger partial charge in [-0.15, -0.1) is 0 Å². The minimum atomic E-state index is -0.0777. The number of benzene rings is 3. The zero-order chi connectivity index (χ0) is 15.0. The molecule has 3 aromatic carbocycles. The van der Waals surface area contributed by atoms with Crippen LogP contribution in [0, 0.1) is 0 Å². The number of hydrogen-bond donors (Lipinski definition) is 0. The molecule has 0 unspecified atom stereocenters. The Bertz CT molecular complexity index is 838. The van der Waals surface area contributed by atoms with Gasteiger partial charge in [0.15, 0.2) is 5.78 Å². The van der Waals surface area contributed by atoms with Gasteiger partial charge in [0.1, 0.15) is 0 Å². The van der Waals surface area contributed by atoms with E-state index >= 15 is 0 Å². The maximum atomic E-state index is 12.8. The molecular formula is C17H9BrCl2O. The quantitative estimate of drug-likeness (QED) is 0.488. The van der Waals surface area contributed by atoms with E-state index in [4.69, 9.17) is 23.2 Å². The fourth-order valence-corrected chi connectivity index (χ4v) is 3.39. The van der Waals surface area contributed by atoms with Crippen LogP contribution in [0.4, 0.5) is 0 Å². The number of fused-ring (bicyclic) bond motifs is 1. The van der Waals surface area contributed by atoms with Crippen molar-refractivity contribution >= 4 is 55.7 Å². The van der Waals surface area contributed by atoms with Crippen molar-refractivity contribution in [2.75, 3.05) is 0 Å². The molecule has 104 valence electrons. The summed E-state index contributed by atoms with van der Waals surface area (Å²) in [7, 11) is 0. The van der Waals surface area contributed by atoms with E-state index in [1.54, 1.807) is 30.3 Å². The molecule has 0 spiro atoms. The summed E-state index contributed by atoms with van der Waals surface area (Å²) >= 11 is 15.6. The van der Waals surface area contributed by atoms with Crippen molar-refractivity contribution in [2.45, 2.75) is 0 Å². The Labute approximate surface area is 140 Å². The van der Waals surface area contributed by atoms with Crippen LogP contribution in [-0.2, 0) is 0 Å². The standard InChI is InChI=1S/C17H9BrCl2O/c18-11-7-10(8-12(19)9-11)17(21)15-5-6-16(20)14-4-2-1-3-13(14)15/h1-9H. The highest BCUT2D eigenvalue weighted by atomic mass is 79.9. The molecule has 0 saturated carbocycles. The Morgan fingerprint density at radius 2 is 1.62 bits per heavy atom. The molecule has 0 aromatic heterocycles. The van der Waals surface area contributed by atoms with Crippen LogP contribution in [0.1, 0.15) is 15.9 Å². The highest BCUT2D eigenvalue weighted by molar-refractivity contribution is 9.10. The molecule has 0 radical (unpaired) electrons. The van der Waals surface area contributed by atoms with Gasteiger partial charge in [-0.1, -0.05) is 63.4 Å². The van der Waals surface area contributed by atoms with E-state index in [1.807, 2.05) is 24.3 Å². The van der Waals surface area contributed by atoms with Crippen LogP contribution in [0.2, 0.25) is 10.0 Å². The molecule has 3 rings (SSSR count). The van der Waals surface area contributed by atoms with E-state index in [2.05, 4.69) is 15.9 Å². The largest absolute Gasteiger partial charge is 0.289 e. The van der Waals surface area contributed by atoms with E-state index in [0.717, 1.165) is 15.2 Å². The molecule has 0 atom stereocenters. The van der Waals surface area contributed by atoms with Crippen molar-refractivity contribution in [3.63, 3.8) is 0 Å². The van der Waals surface area contributed by atoms with Gasteiger partial charge in [0.25, 0.3) is 0 Å². The number of carbonyl (C=O) groups is 1. The second-order valence-corrected chi connectivity index (χ2v) is 6.39. The van der Waals surface area contributed by atoms with Gasteiger partial charge in [0.2, 0.25) is 0 Å². The lowest BCUT2D eigenvalue weighted by Crippen LogP contribution is -2.02. The Kier molecular flexibility index (Phi) is 4.03. The molecule has 0 N–H and O–H groups in total. The van der Waals surface area contributed by atoms with Gasteiger partial charge >= 0.3 is 0 Å². The lowest BCUT2D eigenvalue weighted by molar-refractivity contribution is 0.104. The minimum absolute atomic E-state index is 0.0777. The number of carbonyl (C=O) groups excluding carboxylic acids is 1. The monoisotopic (exact) mass is 378 g/mol. The van der Waals surface area contributed by atoms with Crippen LogP contribution < -0.4 is 0 Å². The zero-order valence-corrected chi connectivity index (χ0v) is 13.8. The van der Waals surface area contributed by atoms with Crippen molar-refractivity contribution in [3.05, 3.63) is 80.2 Å². The van der Waals surface area contributed by atoms with Gasteiger partial charge in [0.05, 0.1) is 0 Å². The molecule has 0 saturated heterocycles. The van der Waals surface area contributed by atoms with E-state index < -0.39 is 0 Å². The van der Waals surface area contributed by atoms with Crippen LogP contribution in [0.25, 0.3) is 10.8 Å². The number of rotatable bonds is 2. The third-order valence-corrected chi connectivity index (χ3v) is 4.25. The fourth-order valence-electron chi connectivity index (χ4n) is 2.30. The Balaban J connectivity index is 2.20. The number of ketones is 1. The smallest absolute Gasteiger partial charge is 0.193 e. The highest BCUT2D eigenvalue weighted by Gasteiger charge is 2.14. The van der Waals surface area contributed by atoms with Gasteiger partial charge in [-0.3, -0.25) is 4.79 Å². The summed E-state index contributed by atoms with van der Waals surface area (Å²) in [6.45, 7) is 0. The zero-order valence-electron chi connectivity index (χ0n) is 10.7. The normalized spacial score (nSPS) is 10.8. The van der Waals surface area contributed by atoms with E-state index in [1.165, 1.54) is 0 Å². The molecule has 0 aliphatic heterocycles. The van der Waals surface area contributed by atoms with Gasteiger partial charge in [-0.2, -0.15) is 0 Å². The first-order valence-electron chi connectivity index (χ1n) is 6.24. The summed E-state index contributed by atoms with van der Waals surface area (Å²) in [6, 6.07) is 16.3. The molecule has 3 aromatic rings. The van der Waals surface area contributed by atoms with Crippen LogP contribution in [0.3, 0.4) is 0 Å². The van der Waals surface area contributed by atoms with E-state index in [-0.39, 0.29) is 5.78 Å². The lowest BCUT2D eigenvalue weighted by Gasteiger charge is -2.08. The van der Waals surface area contributed by atoms with E-state index in [9.17, 15) is 4.79 Å². The van der Waals surface area contributed by atoms with Crippen molar-refractivity contribution in [1.82, 2.24) is 0 Å². The predicted molar refractivity (Wildman–Crippen MR) is 91.5 cm³/mol. The average Bonchev–Trinajstić information content (AvgIpc) is 2.46. The summed E-state index contributed by atoms with van der Waals surface area (Å²) in [6.07, 6.45) is 0. The summed E-state index contributed by atoms with van der Waals surface area (Å²) < 4.78 is 0.775. The Morgan fingerprint density at radius 3 is 2.33 bits per heavy atom. The van der Waals surface area contributed by atoms with Crippen LogP contribution in [0.5, 0.6) is 0 Å². The number of halogens is 3.